The topological polar surface area (TPSA) is 62.5 Å². The maximum absolute atomic E-state index is 11.7. The summed E-state index contributed by atoms with van der Waals surface area (Å²) in [6, 6.07) is 3.52. The fraction of sp³-hybridized carbons (Fsp3) is 0.533. The van der Waals surface area contributed by atoms with Gasteiger partial charge in [-0.15, -0.1) is 0 Å². The van der Waals surface area contributed by atoms with Gasteiger partial charge < -0.3 is 14.8 Å². The number of aryl methyl sites for hydroxylation is 1. The average Bonchev–Trinajstić information content (AvgIpc) is 3.09. The number of rotatable bonds is 5. The van der Waals surface area contributed by atoms with Crippen LogP contribution in [0.15, 0.2) is 28.2 Å². The number of allylic oxidation sites excluding steroid dienone is 1. The minimum absolute atomic E-state index is 0.132. The molecule has 0 aromatic carbocycles. The normalized spacial score (nSPS) is 19.1. The van der Waals surface area contributed by atoms with E-state index in [1.807, 2.05) is 13.8 Å². The van der Waals surface area contributed by atoms with Crippen molar-refractivity contribution in [1.29, 1.82) is 0 Å². The van der Waals surface area contributed by atoms with Gasteiger partial charge in [0.05, 0.1) is 6.54 Å². The Bertz CT molecular complexity index is 495. The fourth-order valence-corrected chi connectivity index (χ4v) is 1.98. The largest absolute Gasteiger partial charge is 0.463 e. The third-order valence-electron chi connectivity index (χ3n) is 3.46. The highest BCUT2D eigenvalue weighted by Crippen LogP contribution is 2.35. The molecule has 104 valence electrons. The Hall–Kier alpha value is -1.55. The lowest BCUT2D eigenvalue weighted by atomic mass is 10.0. The van der Waals surface area contributed by atoms with Crippen molar-refractivity contribution in [3.05, 3.63) is 35.3 Å². The van der Waals surface area contributed by atoms with Gasteiger partial charge in [0.25, 0.3) is 0 Å². The van der Waals surface area contributed by atoms with Gasteiger partial charge in [-0.1, -0.05) is 5.57 Å². The van der Waals surface area contributed by atoms with Crippen LogP contribution >= 0.6 is 0 Å². The van der Waals surface area contributed by atoms with Gasteiger partial charge >= 0.3 is 0 Å². The first-order valence-corrected chi connectivity index (χ1v) is 6.64. The number of nitrogens with one attached hydrogen (secondary N) is 1. The van der Waals surface area contributed by atoms with Crippen molar-refractivity contribution in [3.63, 3.8) is 0 Å². The van der Waals surface area contributed by atoms with Gasteiger partial charge in [-0.25, -0.2) is 0 Å². The predicted molar refractivity (Wildman–Crippen MR) is 72.5 cm³/mol. The molecule has 4 nitrogen and oxygen atoms in total. The van der Waals surface area contributed by atoms with Crippen LogP contribution in [0.3, 0.4) is 0 Å². The Balaban J connectivity index is 1.90. The second-order valence-corrected chi connectivity index (χ2v) is 5.56. The van der Waals surface area contributed by atoms with Gasteiger partial charge in [0.1, 0.15) is 17.1 Å². The van der Waals surface area contributed by atoms with Crippen molar-refractivity contribution < 1.29 is 14.3 Å². The zero-order chi connectivity index (χ0) is 14.0. The molecule has 4 heteroatoms. The number of amides is 1. The fourth-order valence-electron chi connectivity index (χ4n) is 1.98. The van der Waals surface area contributed by atoms with Crippen molar-refractivity contribution >= 4 is 5.91 Å². The van der Waals surface area contributed by atoms with Gasteiger partial charge in [0.2, 0.25) is 5.91 Å². The smallest absolute Gasteiger partial charge is 0.244 e. The summed E-state index contributed by atoms with van der Waals surface area (Å²) >= 11 is 0. The van der Waals surface area contributed by atoms with Crippen molar-refractivity contribution in [2.75, 3.05) is 6.54 Å². The molecule has 0 aliphatic heterocycles. The van der Waals surface area contributed by atoms with Crippen LogP contribution in [-0.4, -0.2) is 17.6 Å². The Morgan fingerprint density at radius 2 is 2.26 bits per heavy atom. The highest BCUT2D eigenvalue weighted by atomic mass is 16.4. The third kappa shape index (κ3) is 3.70. The van der Waals surface area contributed by atoms with E-state index < -0.39 is 5.60 Å². The van der Waals surface area contributed by atoms with Gasteiger partial charge in [0.15, 0.2) is 0 Å². The lowest BCUT2D eigenvalue weighted by Gasteiger charge is -2.20. The number of hydrogen-bond acceptors (Lipinski definition) is 3. The van der Waals surface area contributed by atoms with Crippen LogP contribution in [0.2, 0.25) is 0 Å². The molecule has 1 saturated carbocycles. The number of hydrogen-bond donors (Lipinski definition) is 2. The summed E-state index contributed by atoms with van der Waals surface area (Å²) in [5.41, 5.74) is -0.0726. The lowest BCUT2D eigenvalue weighted by molar-refractivity contribution is -0.117. The van der Waals surface area contributed by atoms with E-state index in [1.54, 1.807) is 25.1 Å². The van der Waals surface area contributed by atoms with Crippen LogP contribution < -0.4 is 5.32 Å². The lowest BCUT2D eigenvalue weighted by Crippen LogP contribution is -2.37. The molecule has 1 amide bonds. The first-order valence-electron chi connectivity index (χ1n) is 6.64. The van der Waals surface area contributed by atoms with E-state index in [2.05, 4.69) is 5.32 Å². The van der Waals surface area contributed by atoms with Gasteiger partial charge in [-0.05, 0) is 51.7 Å². The van der Waals surface area contributed by atoms with Gasteiger partial charge in [-0.3, -0.25) is 4.79 Å². The molecule has 1 unspecified atom stereocenters. The van der Waals surface area contributed by atoms with E-state index in [-0.39, 0.29) is 12.5 Å². The molecule has 1 atom stereocenters. The zero-order valence-electron chi connectivity index (χ0n) is 11.7. The Kier molecular flexibility index (Phi) is 3.80. The predicted octanol–water partition coefficient (Wildman–Crippen LogP) is 2.27. The summed E-state index contributed by atoms with van der Waals surface area (Å²) in [7, 11) is 0. The average molecular weight is 263 g/mol. The van der Waals surface area contributed by atoms with Crippen LogP contribution in [0.1, 0.15) is 38.2 Å². The van der Waals surface area contributed by atoms with E-state index in [1.165, 1.54) is 12.8 Å². The van der Waals surface area contributed by atoms with Crippen LogP contribution in [0.5, 0.6) is 0 Å². The highest BCUT2D eigenvalue weighted by Gasteiger charge is 2.28. The second kappa shape index (κ2) is 5.21. The van der Waals surface area contributed by atoms with Gasteiger partial charge in [0, 0.05) is 6.08 Å². The summed E-state index contributed by atoms with van der Waals surface area (Å²) in [5, 5.41) is 13.0. The zero-order valence-corrected chi connectivity index (χ0v) is 11.7. The molecule has 0 radical (unpaired) electrons. The second-order valence-electron chi connectivity index (χ2n) is 5.56. The number of carbonyl (C=O) groups is 1. The molecule has 1 fully saturated rings. The molecule has 2 N–H and O–H groups in total. The molecule has 1 aromatic rings. The van der Waals surface area contributed by atoms with E-state index in [0.29, 0.717) is 11.7 Å². The van der Waals surface area contributed by atoms with Crippen molar-refractivity contribution in [3.8, 4) is 0 Å². The summed E-state index contributed by atoms with van der Waals surface area (Å²) in [4.78, 5) is 11.7. The first-order chi connectivity index (χ1) is 8.88. The molecule has 19 heavy (non-hydrogen) atoms. The van der Waals surface area contributed by atoms with Crippen LogP contribution in [0, 0.1) is 12.8 Å². The molecule has 0 bridgehead atoms. The standard InChI is InChI=1S/C15H21NO3/c1-10(12-5-6-12)8-14(17)16-9-15(3,18)13-7-4-11(2)19-13/h4,7-8,12,18H,5-6,9H2,1-3H3,(H,16,17)/b10-8-. The Labute approximate surface area is 113 Å². The SMILES string of the molecule is C/C(=C/C(=O)NCC(C)(O)c1ccc(C)o1)C1CC1. The number of furan rings is 1. The molecular weight excluding hydrogens is 242 g/mol. The molecule has 0 saturated heterocycles. The number of carbonyl (C=O) groups excluding carboxylic acids is 1. The maximum Gasteiger partial charge on any atom is 0.244 e. The van der Waals surface area contributed by atoms with Crippen LogP contribution in [0.4, 0.5) is 0 Å². The van der Waals surface area contributed by atoms with Crippen molar-refractivity contribution in [2.24, 2.45) is 5.92 Å². The molecule has 2 rings (SSSR count). The summed E-state index contributed by atoms with van der Waals surface area (Å²) in [6.45, 7) is 5.56. The maximum atomic E-state index is 11.7. The van der Waals surface area contributed by atoms with Gasteiger partial charge in [-0.2, -0.15) is 0 Å². The monoisotopic (exact) mass is 263 g/mol. The molecule has 0 spiro atoms. The first kappa shape index (κ1) is 13.9. The molecule has 1 aliphatic rings. The summed E-state index contributed by atoms with van der Waals surface area (Å²) < 4.78 is 5.39. The highest BCUT2D eigenvalue weighted by molar-refractivity contribution is 5.88. The summed E-state index contributed by atoms with van der Waals surface area (Å²) in [6.07, 6.45) is 3.99. The van der Waals surface area contributed by atoms with Crippen molar-refractivity contribution in [1.82, 2.24) is 5.32 Å². The number of aliphatic hydroxyl groups is 1. The van der Waals surface area contributed by atoms with Crippen LogP contribution in [0.25, 0.3) is 0 Å². The van der Waals surface area contributed by atoms with Crippen molar-refractivity contribution in [2.45, 2.75) is 39.2 Å². The molecular formula is C15H21NO3. The van der Waals surface area contributed by atoms with E-state index >= 15 is 0 Å². The van der Waals surface area contributed by atoms with E-state index in [4.69, 9.17) is 4.42 Å². The minimum atomic E-state index is -1.19. The Morgan fingerprint density at radius 3 is 2.79 bits per heavy atom. The molecule has 1 heterocycles. The van der Waals surface area contributed by atoms with E-state index in [0.717, 1.165) is 11.3 Å². The van der Waals surface area contributed by atoms with Crippen LogP contribution in [-0.2, 0) is 10.4 Å². The Morgan fingerprint density at radius 1 is 1.58 bits per heavy atom. The summed E-state index contributed by atoms with van der Waals surface area (Å²) in [5.74, 6) is 1.63. The third-order valence-corrected chi connectivity index (χ3v) is 3.46. The van der Waals surface area contributed by atoms with E-state index in [9.17, 15) is 9.90 Å². The minimum Gasteiger partial charge on any atom is -0.463 e. The molecule has 1 aliphatic carbocycles. The quantitative estimate of drug-likeness (QED) is 0.801. The molecule has 1 aromatic heterocycles.